The first kappa shape index (κ1) is 6.09. The molecule has 0 unspecified atom stereocenters. The van der Waals surface area contributed by atoms with Crippen molar-refractivity contribution >= 4 is 0 Å². The molecular formula is C8H6N3. The van der Waals surface area contributed by atoms with E-state index < -0.39 is 0 Å². The average molecular weight is 144 g/mol. The molecule has 11 heavy (non-hydrogen) atoms. The maximum Gasteiger partial charge on any atom is 0.156 e. The minimum absolute atomic E-state index is 0.755. The van der Waals surface area contributed by atoms with Crippen molar-refractivity contribution in [2.75, 3.05) is 0 Å². The summed E-state index contributed by atoms with van der Waals surface area (Å²) in [6.07, 6.45) is 6.07. The minimum atomic E-state index is 0.755. The van der Waals surface area contributed by atoms with Gasteiger partial charge in [-0.05, 0) is 12.1 Å². The maximum absolute atomic E-state index is 4.11. The van der Waals surface area contributed by atoms with E-state index in [4.69, 9.17) is 0 Å². The van der Waals surface area contributed by atoms with Gasteiger partial charge in [-0.2, -0.15) is 0 Å². The highest BCUT2D eigenvalue weighted by atomic mass is 14.9. The number of aromatic nitrogens is 3. The SMILES string of the molecule is [c]1c[nH]c(-c2ccccn2)n1. The molecule has 0 fully saturated rings. The predicted octanol–water partition coefficient (Wildman–Crippen LogP) is 1.27. The first-order chi connectivity index (χ1) is 5.47. The van der Waals surface area contributed by atoms with Crippen molar-refractivity contribution in [1.29, 1.82) is 0 Å². The van der Waals surface area contributed by atoms with Crippen LogP contribution in [0.2, 0.25) is 0 Å². The molecule has 0 bridgehead atoms. The lowest BCUT2D eigenvalue weighted by atomic mass is 10.3. The molecule has 53 valence electrons. The second-order valence-electron chi connectivity index (χ2n) is 2.09. The summed E-state index contributed by atoms with van der Waals surface area (Å²) in [5.74, 6) is 0.755. The average Bonchev–Trinajstić information content (AvgIpc) is 2.58. The number of hydrogen-bond donors (Lipinski definition) is 1. The van der Waals surface area contributed by atoms with Crippen LogP contribution in [0.5, 0.6) is 0 Å². The van der Waals surface area contributed by atoms with Gasteiger partial charge in [0.2, 0.25) is 0 Å². The quantitative estimate of drug-likeness (QED) is 0.654. The molecule has 2 aromatic rings. The molecule has 0 amide bonds. The first-order valence-electron chi connectivity index (χ1n) is 3.30. The van der Waals surface area contributed by atoms with E-state index in [2.05, 4.69) is 21.1 Å². The molecule has 2 aromatic heterocycles. The summed E-state index contributed by atoms with van der Waals surface area (Å²) >= 11 is 0. The molecule has 3 nitrogen and oxygen atoms in total. The van der Waals surface area contributed by atoms with E-state index in [0.717, 1.165) is 11.5 Å². The number of nitrogens with one attached hydrogen (secondary N) is 1. The van der Waals surface area contributed by atoms with Crippen molar-refractivity contribution in [3.63, 3.8) is 0 Å². The Kier molecular flexibility index (Phi) is 1.41. The van der Waals surface area contributed by atoms with Gasteiger partial charge in [-0.25, -0.2) is 4.98 Å². The lowest BCUT2D eigenvalue weighted by Crippen LogP contribution is -1.82. The molecule has 0 aliphatic carbocycles. The maximum atomic E-state index is 4.11. The molecule has 0 atom stereocenters. The van der Waals surface area contributed by atoms with Gasteiger partial charge in [-0.15, -0.1) is 0 Å². The lowest BCUT2D eigenvalue weighted by Gasteiger charge is -1.91. The van der Waals surface area contributed by atoms with Crippen LogP contribution < -0.4 is 0 Å². The molecule has 0 aliphatic heterocycles. The fraction of sp³-hybridized carbons (Fsp3) is 0. The second kappa shape index (κ2) is 2.54. The summed E-state index contributed by atoms with van der Waals surface area (Å²) in [7, 11) is 0. The normalized spacial score (nSPS) is 9.82. The zero-order valence-electron chi connectivity index (χ0n) is 5.78. The van der Waals surface area contributed by atoms with Gasteiger partial charge < -0.3 is 4.98 Å². The Morgan fingerprint density at radius 1 is 1.36 bits per heavy atom. The Morgan fingerprint density at radius 2 is 2.36 bits per heavy atom. The van der Waals surface area contributed by atoms with Crippen LogP contribution in [0.15, 0.2) is 30.6 Å². The van der Waals surface area contributed by atoms with Gasteiger partial charge in [-0.3, -0.25) is 4.98 Å². The van der Waals surface area contributed by atoms with Crippen LogP contribution in [0, 0.1) is 6.20 Å². The first-order valence-corrected chi connectivity index (χ1v) is 3.30. The third-order valence-electron chi connectivity index (χ3n) is 1.36. The Bertz CT molecular complexity index is 312. The summed E-state index contributed by atoms with van der Waals surface area (Å²) in [4.78, 5) is 11.0. The molecule has 0 aliphatic rings. The van der Waals surface area contributed by atoms with Crippen LogP contribution >= 0.6 is 0 Å². The number of aromatic amines is 1. The van der Waals surface area contributed by atoms with Crippen LogP contribution in [0.3, 0.4) is 0 Å². The zero-order valence-corrected chi connectivity index (χ0v) is 5.78. The van der Waals surface area contributed by atoms with Gasteiger partial charge in [-0.1, -0.05) is 6.07 Å². The van der Waals surface area contributed by atoms with Gasteiger partial charge in [0, 0.05) is 12.4 Å². The van der Waals surface area contributed by atoms with E-state index in [9.17, 15) is 0 Å². The molecule has 0 saturated heterocycles. The van der Waals surface area contributed by atoms with E-state index in [1.807, 2.05) is 18.2 Å². The van der Waals surface area contributed by atoms with Crippen LogP contribution in [0.25, 0.3) is 11.5 Å². The molecular weight excluding hydrogens is 138 g/mol. The number of nitrogens with zero attached hydrogens (tertiary/aromatic N) is 2. The molecule has 2 rings (SSSR count). The van der Waals surface area contributed by atoms with Crippen molar-refractivity contribution in [2.24, 2.45) is 0 Å². The molecule has 0 spiro atoms. The third kappa shape index (κ3) is 1.12. The largest absolute Gasteiger partial charge is 0.343 e. The highest BCUT2D eigenvalue weighted by Crippen LogP contribution is 2.07. The topological polar surface area (TPSA) is 41.6 Å². The summed E-state index contributed by atoms with van der Waals surface area (Å²) in [5, 5.41) is 0. The van der Waals surface area contributed by atoms with E-state index in [0.29, 0.717) is 0 Å². The van der Waals surface area contributed by atoms with Crippen LogP contribution in [0.4, 0.5) is 0 Å². The molecule has 3 heteroatoms. The van der Waals surface area contributed by atoms with Gasteiger partial charge in [0.05, 0.1) is 0 Å². The van der Waals surface area contributed by atoms with Crippen LogP contribution in [-0.2, 0) is 0 Å². The molecule has 0 saturated carbocycles. The smallest absolute Gasteiger partial charge is 0.156 e. The predicted molar refractivity (Wildman–Crippen MR) is 40.7 cm³/mol. The van der Waals surface area contributed by atoms with Crippen molar-refractivity contribution < 1.29 is 0 Å². The Labute approximate surface area is 64.1 Å². The minimum Gasteiger partial charge on any atom is -0.343 e. The van der Waals surface area contributed by atoms with Crippen molar-refractivity contribution in [2.45, 2.75) is 0 Å². The summed E-state index contributed by atoms with van der Waals surface area (Å²) in [5.41, 5.74) is 0.841. The van der Waals surface area contributed by atoms with E-state index >= 15 is 0 Å². The number of imidazole rings is 1. The van der Waals surface area contributed by atoms with Crippen LogP contribution in [-0.4, -0.2) is 15.0 Å². The zero-order chi connectivity index (χ0) is 7.52. The lowest BCUT2D eigenvalue weighted by molar-refractivity contribution is 1.22. The summed E-state index contributed by atoms with van der Waals surface area (Å²) in [6, 6.07) is 5.69. The van der Waals surface area contributed by atoms with Crippen LogP contribution in [0.1, 0.15) is 0 Å². The van der Waals surface area contributed by atoms with Gasteiger partial charge in [0.15, 0.2) is 5.82 Å². The van der Waals surface area contributed by atoms with Crippen molar-refractivity contribution in [1.82, 2.24) is 15.0 Å². The fourth-order valence-corrected chi connectivity index (χ4v) is 0.864. The number of pyridine rings is 1. The van der Waals surface area contributed by atoms with Gasteiger partial charge >= 0.3 is 0 Å². The highest BCUT2D eigenvalue weighted by molar-refractivity contribution is 5.47. The molecule has 1 radical (unpaired) electrons. The number of rotatable bonds is 1. The van der Waals surface area contributed by atoms with E-state index in [1.54, 1.807) is 12.4 Å². The second-order valence-corrected chi connectivity index (χ2v) is 2.09. The van der Waals surface area contributed by atoms with E-state index in [-0.39, 0.29) is 0 Å². The fourth-order valence-electron chi connectivity index (χ4n) is 0.864. The summed E-state index contributed by atoms with van der Waals surface area (Å²) < 4.78 is 0. The number of H-pyrrole nitrogens is 1. The van der Waals surface area contributed by atoms with Crippen molar-refractivity contribution in [3.8, 4) is 11.5 Å². The molecule has 1 N–H and O–H groups in total. The highest BCUT2D eigenvalue weighted by Gasteiger charge is 1.97. The van der Waals surface area contributed by atoms with E-state index in [1.165, 1.54) is 0 Å². The van der Waals surface area contributed by atoms with Gasteiger partial charge in [0.25, 0.3) is 0 Å². The van der Waals surface area contributed by atoms with Gasteiger partial charge in [0.1, 0.15) is 11.9 Å². The third-order valence-corrected chi connectivity index (χ3v) is 1.36. The standard InChI is InChI=1S/C8H6N3/c1-2-4-9-7(3-1)8-10-5-6-11-8/h1-5H,(H,10,11). The monoisotopic (exact) mass is 144 g/mol. The Hall–Kier alpha value is -1.64. The summed E-state index contributed by atoms with van der Waals surface area (Å²) in [6.45, 7) is 0. The Balaban J connectivity index is 2.46. The Morgan fingerprint density at radius 3 is 3.00 bits per heavy atom. The number of hydrogen-bond acceptors (Lipinski definition) is 2. The van der Waals surface area contributed by atoms with Crippen molar-refractivity contribution in [3.05, 3.63) is 36.8 Å². The molecule has 2 heterocycles. The molecule has 0 aromatic carbocycles.